The first-order valence-corrected chi connectivity index (χ1v) is 19.4. The van der Waals surface area contributed by atoms with Gasteiger partial charge in [0.2, 0.25) is 0 Å². The van der Waals surface area contributed by atoms with Crippen LogP contribution in [0.1, 0.15) is 154 Å². The Bertz CT molecular complexity index is 1160. The van der Waals surface area contributed by atoms with E-state index in [1.54, 1.807) is 7.05 Å². The van der Waals surface area contributed by atoms with E-state index in [1.165, 1.54) is 82.6 Å². The van der Waals surface area contributed by atoms with E-state index >= 15 is 0 Å². The molecule has 6 nitrogen and oxygen atoms in total. The molecule has 2 unspecified atom stereocenters. The lowest BCUT2D eigenvalue weighted by molar-refractivity contribution is 0.322. The number of nitriles is 1. The van der Waals surface area contributed by atoms with Crippen molar-refractivity contribution in [2.24, 2.45) is 10.2 Å². The van der Waals surface area contributed by atoms with Crippen LogP contribution in [-0.2, 0) is 11.8 Å². The Morgan fingerprint density at radius 1 is 0.653 bits per heavy atom. The van der Waals surface area contributed by atoms with Crippen molar-refractivity contribution >= 4 is 12.4 Å². The minimum Gasteiger partial charge on any atom is -0.494 e. The summed E-state index contributed by atoms with van der Waals surface area (Å²) >= 11 is 0. The Kier molecular flexibility index (Phi) is 25.3. The van der Waals surface area contributed by atoms with E-state index < -0.39 is 5.41 Å². The third-order valence-electron chi connectivity index (χ3n) is 9.37. The summed E-state index contributed by atoms with van der Waals surface area (Å²) in [6.45, 7) is 10.1. The van der Waals surface area contributed by atoms with Crippen molar-refractivity contribution in [1.29, 1.82) is 5.26 Å². The lowest BCUT2D eigenvalue weighted by Crippen LogP contribution is -2.25. The molecule has 7 heteroatoms. The average Bonchev–Trinajstić information content (AvgIpc) is 3.09. The van der Waals surface area contributed by atoms with Crippen molar-refractivity contribution in [2.75, 3.05) is 26.9 Å². The number of unbranched alkanes of at least 4 members (excludes halogenated alkanes) is 12. The Balaban J connectivity index is 0.0000120. The molecule has 2 aromatic carbocycles. The zero-order chi connectivity index (χ0) is 34.7. The van der Waals surface area contributed by atoms with E-state index in [1.807, 2.05) is 39.0 Å². The van der Waals surface area contributed by atoms with Gasteiger partial charge in [-0.3, -0.25) is 0 Å². The first-order valence-electron chi connectivity index (χ1n) is 19.4. The Hall–Kier alpha value is -2.78. The maximum absolute atomic E-state index is 10.7. The molecule has 0 heterocycles. The zero-order valence-corrected chi connectivity index (χ0v) is 32.5. The van der Waals surface area contributed by atoms with Crippen LogP contribution >= 0.6 is 12.4 Å². The Morgan fingerprint density at radius 3 is 1.71 bits per heavy atom. The molecule has 0 spiro atoms. The molecule has 0 N–H and O–H groups in total. The third-order valence-corrected chi connectivity index (χ3v) is 9.37. The van der Waals surface area contributed by atoms with Crippen LogP contribution in [0.3, 0.4) is 0 Å². The van der Waals surface area contributed by atoms with Gasteiger partial charge >= 0.3 is 0 Å². The van der Waals surface area contributed by atoms with Gasteiger partial charge in [-0.15, -0.1) is 12.4 Å². The highest BCUT2D eigenvalue weighted by Gasteiger charge is 2.32. The summed E-state index contributed by atoms with van der Waals surface area (Å²) in [4.78, 5) is 0. The predicted octanol–water partition coefficient (Wildman–Crippen LogP) is 12.8. The highest BCUT2D eigenvalue weighted by Crippen LogP contribution is 2.37. The van der Waals surface area contributed by atoms with Crippen LogP contribution in [0.4, 0.5) is 0 Å². The summed E-state index contributed by atoms with van der Waals surface area (Å²) in [5.41, 5.74) is 1.73. The van der Waals surface area contributed by atoms with Gasteiger partial charge in [-0.2, -0.15) is 15.5 Å². The normalized spacial score (nSPS) is 13.0. The van der Waals surface area contributed by atoms with Crippen LogP contribution in [0.2, 0.25) is 0 Å². The SMILES string of the molecule is CCCCCCCCCCCCCCCC(C#N)(CCCC(CCc1cc(OCC)cc(OCC)c1)/N=N/C)c1cccc(OCC)c1.Cl. The van der Waals surface area contributed by atoms with Gasteiger partial charge in [-0.1, -0.05) is 103 Å². The standard InChI is InChI=1S/C42H67N3O3.ClH/c1-6-10-11-12-13-14-15-16-17-18-19-20-21-29-42(35-43,37-24-22-26-39(33-37)46-7-2)30-23-25-38(45-44-5)28-27-36-31-40(47-8-3)34-41(32-36)48-9-4;/h22,24,26,31-34,38H,6-21,23,25,27-30H2,1-5H3;1H/b45-44+;. The summed E-state index contributed by atoms with van der Waals surface area (Å²) in [6.07, 6.45) is 22.5. The molecule has 0 aliphatic carbocycles. The highest BCUT2D eigenvalue weighted by molar-refractivity contribution is 5.85. The molecule has 0 aromatic heterocycles. The monoisotopic (exact) mass is 697 g/mol. The fraction of sp³-hybridized carbons (Fsp3) is 0.690. The number of hydrogen-bond donors (Lipinski definition) is 0. The predicted molar refractivity (Wildman–Crippen MR) is 208 cm³/mol. The van der Waals surface area contributed by atoms with Crippen molar-refractivity contribution in [3.05, 3.63) is 53.6 Å². The lowest BCUT2D eigenvalue weighted by Gasteiger charge is -2.28. The fourth-order valence-electron chi connectivity index (χ4n) is 6.76. The molecule has 49 heavy (non-hydrogen) atoms. The highest BCUT2D eigenvalue weighted by atomic mass is 35.5. The number of rotatable bonds is 29. The minimum atomic E-state index is -0.531. The molecule has 0 fully saturated rings. The largest absolute Gasteiger partial charge is 0.494 e. The average molecular weight is 698 g/mol. The fourth-order valence-corrected chi connectivity index (χ4v) is 6.76. The Morgan fingerprint density at radius 2 is 1.18 bits per heavy atom. The molecule has 0 bridgehead atoms. The van der Waals surface area contributed by atoms with Crippen LogP contribution in [0, 0.1) is 11.3 Å². The van der Waals surface area contributed by atoms with Gasteiger partial charge in [0.1, 0.15) is 17.2 Å². The van der Waals surface area contributed by atoms with Crippen LogP contribution in [0.5, 0.6) is 17.2 Å². The number of benzene rings is 2. The zero-order valence-electron chi connectivity index (χ0n) is 31.6. The van der Waals surface area contributed by atoms with Gasteiger partial charge in [0, 0.05) is 13.1 Å². The van der Waals surface area contributed by atoms with Gasteiger partial charge in [-0.05, 0) is 94.7 Å². The second-order valence-electron chi connectivity index (χ2n) is 13.2. The van der Waals surface area contributed by atoms with Crippen molar-refractivity contribution < 1.29 is 14.2 Å². The van der Waals surface area contributed by atoms with E-state index in [9.17, 15) is 5.26 Å². The molecular formula is C42H68ClN3O3. The molecule has 0 amide bonds. The maximum atomic E-state index is 10.7. The summed E-state index contributed by atoms with van der Waals surface area (Å²) in [6, 6.07) is 17.3. The van der Waals surface area contributed by atoms with Crippen molar-refractivity contribution in [1.82, 2.24) is 0 Å². The first-order chi connectivity index (χ1) is 23.5. The van der Waals surface area contributed by atoms with Gasteiger partial charge in [0.25, 0.3) is 0 Å². The topological polar surface area (TPSA) is 76.2 Å². The maximum Gasteiger partial charge on any atom is 0.123 e. The molecule has 2 atom stereocenters. The quantitative estimate of drug-likeness (QED) is 0.0626. The van der Waals surface area contributed by atoms with E-state index in [2.05, 4.69) is 47.5 Å². The molecule has 0 saturated heterocycles. The molecule has 0 aliphatic heterocycles. The van der Waals surface area contributed by atoms with Crippen LogP contribution in [0.25, 0.3) is 0 Å². The number of halogens is 1. The lowest BCUT2D eigenvalue weighted by atomic mass is 9.73. The summed E-state index contributed by atoms with van der Waals surface area (Å²) in [7, 11) is 1.75. The van der Waals surface area contributed by atoms with Gasteiger partial charge < -0.3 is 14.2 Å². The van der Waals surface area contributed by atoms with E-state index in [4.69, 9.17) is 14.2 Å². The van der Waals surface area contributed by atoms with Crippen LogP contribution in [0.15, 0.2) is 52.7 Å². The van der Waals surface area contributed by atoms with Crippen molar-refractivity contribution in [3.8, 4) is 23.3 Å². The smallest absolute Gasteiger partial charge is 0.123 e. The van der Waals surface area contributed by atoms with Gasteiger partial charge in [0.05, 0.1) is 37.3 Å². The number of azo groups is 1. The molecule has 2 rings (SSSR count). The van der Waals surface area contributed by atoms with E-state index in [-0.39, 0.29) is 18.4 Å². The summed E-state index contributed by atoms with van der Waals surface area (Å²) in [5, 5.41) is 19.5. The van der Waals surface area contributed by atoms with Gasteiger partial charge in [0.15, 0.2) is 0 Å². The molecule has 276 valence electrons. The first kappa shape index (κ1) is 44.2. The summed E-state index contributed by atoms with van der Waals surface area (Å²) < 4.78 is 17.4. The van der Waals surface area contributed by atoms with Gasteiger partial charge in [-0.25, -0.2) is 0 Å². The van der Waals surface area contributed by atoms with Crippen molar-refractivity contribution in [2.45, 2.75) is 161 Å². The van der Waals surface area contributed by atoms with Crippen molar-refractivity contribution in [3.63, 3.8) is 0 Å². The molecule has 0 saturated carbocycles. The number of aryl methyl sites for hydroxylation is 1. The number of ether oxygens (including phenoxy) is 3. The van der Waals surface area contributed by atoms with Crippen LogP contribution in [-0.4, -0.2) is 32.9 Å². The minimum absolute atomic E-state index is 0. The molecule has 0 aliphatic rings. The Labute approximate surface area is 306 Å². The molecular weight excluding hydrogens is 630 g/mol. The van der Waals surface area contributed by atoms with E-state index in [0.29, 0.717) is 19.8 Å². The second-order valence-corrected chi connectivity index (χ2v) is 13.2. The third kappa shape index (κ3) is 18.2. The number of nitrogens with zero attached hydrogens (tertiary/aromatic N) is 3. The van der Waals surface area contributed by atoms with Crippen LogP contribution < -0.4 is 14.2 Å². The molecule has 0 radical (unpaired) electrons. The second kappa shape index (κ2) is 28.0. The number of hydrogen-bond acceptors (Lipinski definition) is 6. The molecule has 2 aromatic rings. The van der Waals surface area contributed by atoms with E-state index in [0.717, 1.165) is 67.8 Å². The summed E-state index contributed by atoms with van der Waals surface area (Å²) in [5.74, 6) is 2.53.